The predicted octanol–water partition coefficient (Wildman–Crippen LogP) is -1.73. The van der Waals surface area contributed by atoms with E-state index in [0.717, 1.165) is 0 Å². The molecule has 0 saturated carbocycles. The number of nitrogens with zero attached hydrogens (tertiary/aromatic N) is 1. The lowest BCUT2D eigenvalue weighted by molar-refractivity contribution is -0.142. The van der Waals surface area contributed by atoms with E-state index in [-0.39, 0.29) is 24.5 Å². The van der Waals surface area contributed by atoms with E-state index in [1.165, 1.54) is 12.5 Å². The Bertz CT molecular complexity index is 833. The lowest BCUT2D eigenvalue weighted by Gasteiger charge is -2.25. The van der Waals surface area contributed by atoms with Gasteiger partial charge in [0.15, 0.2) is 0 Å². The zero-order valence-corrected chi connectivity index (χ0v) is 19.2. The first-order chi connectivity index (χ1) is 15.4. The average molecular weight is 487 g/mol. The standard InChI is InChI=1S/C19H30N6O7S/c1-9(2)3-12(17(29)24-13(19(31)32)4-10-6-21-8-22-10)23-18(30)14(7-33)25-16(28)11(20)5-15(26)27/h6,8-9,11-14,33H,3-5,7,20H2,1-2H3,(H,21,22)(H,23,30)(H,24,29)(H,25,28)(H,26,27)(H,31,32). The van der Waals surface area contributed by atoms with E-state index in [4.69, 9.17) is 10.8 Å². The van der Waals surface area contributed by atoms with Crippen molar-refractivity contribution >= 4 is 42.3 Å². The fourth-order valence-electron chi connectivity index (χ4n) is 2.82. The Morgan fingerprint density at radius 2 is 1.61 bits per heavy atom. The SMILES string of the molecule is CC(C)CC(NC(=O)C(CS)NC(=O)C(N)CC(=O)O)C(=O)NC(Cc1cnc[nH]1)C(=O)O. The molecule has 4 unspecified atom stereocenters. The fraction of sp³-hybridized carbons (Fsp3) is 0.579. The number of rotatable bonds is 14. The van der Waals surface area contributed by atoms with Crippen molar-refractivity contribution in [2.45, 2.75) is 57.3 Å². The zero-order chi connectivity index (χ0) is 25.1. The summed E-state index contributed by atoms with van der Waals surface area (Å²) in [5.41, 5.74) is 6.00. The Labute approximate surface area is 195 Å². The highest BCUT2D eigenvalue weighted by atomic mass is 32.1. The van der Waals surface area contributed by atoms with Crippen LogP contribution < -0.4 is 21.7 Å². The van der Waals surface area contributed by atoms with Crippen molar-refractivity contribution in [3.8, 4) is 0 Å². The second-order valence-corrected chi connectivity index (χ2v) is 8.18. The van der Waals surface area contributed by atoms with Gasteiger partial charge in [0.25, 0.3) is 0 Å². The van der Waals surface area contributed by atoms with Crippen LogP contribution in [-0.2, 0) is 30.4 Å². The van der Waals surface area contributed by atoms with Gasteiger partial charge in [-0.25, -0.2) is 9.78 Å². The maximum Gasteiger partial charge on any atom is 0.326 e. The molecular formula is C19H30N6O7S. The van der Waals surface area contributed by atoms with Crippen LogP contribution >= 0.6 is 12.6 Å². The summed E-state index contributed by atoms with van der Waals surface area (Å²) in [6.07, 6.45) is 2.34. The van der Waals surface area contributed by atoms with E-state index in [2.05, 4.69) is 38.5 Å². The molecule has 1 heterocycles. The van der Waals surface area contributed by atoms with Gasteiger partial charge in [-0.05, 0) is 12.3 Å². The van der Waals surface area contributed by atoms with E-state index < -0.39 is 60.2 Å². The molecule has 0 spiro atoms. The van der Waals surface area contributed by atoms with Crippen molar-refractivity contribution < 1.29 is 34.2 Å². The van der Waals surface area contributed by atoms with Gasteiger partial charge in [0, 0.05) is 24.1 Å². The van der Waals surface area contributed by atoms with Gasteiger partial charge >= 0.3 is 11.9 Å². The number of aromatic amines is 1. The molecule has 0 saturated heterocycles. The number of carboxylic acid groups (broad SMARTS) is 2. The van der Waals surface area contributed by atoms with Crippen LogP contribution in [0.4, 0.5) is 0 Å². The molecule has 0 aliphatic heterocycles. The number of H-pyrrole nitrogens is 1. The zero-order valence-electron chi connectivity index (χ0n) is 18.3. The summed E-state index contributed by atoms with van der Waals surface area (Å²) in [5, 5.41) is 25.4. The third-order valence-electron chi connectivity index (χ3n) is 4.48. The van der Waals surface area contributed by atoms with Crippen LogP contribution in [0.3, 0.4) is 0 Å². The largest absolute Gasteiger partial charge is 0.481 e. The van der Waals surface area contributed by atoms with Gasteiger partial charge in [0.2, 0.25) is 17.7 Å². The van der Waals surface area contributed by atoms with Crippen LogP contribution in [0.2, 0.25) is 0 Å². The number of carbonyl (C=O) groups excluding carboxylic acids is 3. The summed E-state index contributed by atoms with van der Waals surface area (Å²) in [4.78, 5) is 66.4. The number of thiol groups is 1. The number of hydrogen-bond donors (Lipinski definition) is 8. The number of carbonyl (C=O) groups is 5. The highest BCUT2D eigenvalue weighted by Crippen LogP contribution is 2.08. The Morgan fingerprint density at radius 3 is 2.09 bits per heavy atom. The molecule has 0 fully saturated rings. The van der Waals surface area contributed by atoms with Crippen molar-refractivity contribution in [1.29, 1.82) is 0 Å². The van der Waals surface area contributed by atoms with Crippen LogP contribution in [0, 0.1) is 5.92 Å². The van der Waals surface area contributed by atoms with Gasteiger partial charge in [-0.2, -0.15) is 12.6 Å². The molecule has 1 aromatic rings. The van der Waals surface area contributed by atoms with Crippen LogP contribution in [0.25, 0.3) is 0 Å². The van der Waals surface area contributed by atoms with Crippen molar-refractivity contribution in [1.82, 2.24) is 25.9 Å². The molecule has 3 amide bonds. The summed E-state index contributed by atoms with van der Waals surface area (Å²) in [7, 11) is 0. The van der Waals surface area contributed by atoms with Gasteiger partial charge in [-0.15, -0.1) is 0 Å². The number of nitrogens with one attached hydrogen (secondary N) is 4. The summed E-state index contributed by atoms with van der Waals surface area (Å²) >= 11 is 4.02. The number of imidazole rings is 1. The highest BCUT2D eigenvalue weighted by molar-refractivity contribution is 7.80. The van der Waals surface area contributed by atoms with Gasteiger partial charge in [0.1, 0.15) is 18.1 Å². The van der Waals surface area contributed by atoms with Gasteiger partial charge in [-0.1, -0.05) is 13.8 Å². The number of hydrogen-bond acceptors (Lipinski definition) is 8. The Morgan fingerprint density at radius 1 is 1.03 bits per heavy atom. The summed E-state index contributed by atoms with van der Waals surface area (Å²) < 4.78 is 0. The monoisotopic (exact) mass is 486 g/mol. The third-order valence-corrected chi connectivity index (χ3v) is 4.85. The molecule has 33 heavy (non-hydrogen) atoms. The Kier molecular flexibility index (Phi) is 11.4. The molecular weight excluding hydrogens is 456 g/mol. The van der Waals surface area contributed by atoms with E-state index in [0.29, 0.717) is 5.69 Å². The number of nitrogens with two attached hydrogens (primary N) is 1. The van der Waals surface area contributed by atoms with Crippen molar-refractivity contribution in [3.63, 3.8) is 0 Å². The molecule has 1 rings (SSSR count). The third kappa shape index (κ3) is 9.91. The Balaban J connectivity index is 2.87. The summed E-state index contributed by atoms with van der Waals surface area (Å²) in [6.45, 7) is 3.63. The lowest BCUT2D eigenvalue weighted by atomic mass is 10.0. The second kappa shape index (κ2) is 13.4. The molecule has 1 aromatic heterocycles. The first-order valence-electron chi connectivity index (χ1n) is 10.1. The van der Waals surface area contributed by atoms with Crippen LogP contribution in [-0.4, -0.2) is 79.8 Å². The predicted molar refractivity (Wildman–Crippen MR) is 119 cm³/mol. The molecule has 0 aromatic carbocycles. The smallest absolute Gasteiger partial charge is 0.326 e. The molecule has 0 aliphatic carbocycles. The van der Waals surface area contributed by atoms with Gasteiger partial charge in [-0.3, -0.25) is 19.2 Å². The summed E-state index contributed by atoms with van der Waals surface area (Å²) in [5.74, 6) is -5.04. The molecule has 0 aliphatic rings. The van der Waals surface area contributed by atoms with E-state index in [1.54, 1.807) is 0 Å². The molecule has 14 heteroatoms. The number of amides is 3. The van der Waals surface area contributed by atoms with Crippen molar-refractivity contribution in [2.24, 2.45) is 11.7 Å². The molecule has 4 atom stereocenters. The minimum absolute atomic E-state index is 0.0371. The van der Waals surface area contributed by atoms with Crippen LogP contribution in [0.15, 0.2) is 12.5 Å². The van der Waals surface area contributed by atoms with Crippen LogP contribution in [0.5, 0.6) is 0 Å². The average Bonchev–Trinajstić information content (AvgIpc) is 3.22. The van der Waals surface area contributed by atoms with Crippen molar-refractivity contribution in [2.75, 3.05) is 5.75 Å². The Hall–Kier alpha value is -3.13. The minimum Gasteiger partial charge on any atom is -0.481 e. The normalized spacial score (nSPS) is 14.6. The van der Waals surface area contributed by atoms with E-state index >= 15 is 0 Å². The lowest BCUT2D eigenvalue weighted by Crippen LogP contribution is -2.58. The first kappa shape index (κ1) is 27.9. The summed E-state index contributed by atoms with van der Waals surface area (Å²) in [6, 6.07) is -4.92. The number of aliphatic carboxylic acids is 2. The van der Waals surface area contributed by atoms with Crippen molar-refractivity contribution in [3.05, 3.63) is 18.2 Å². The molecule has 13 nitrogen and oxygen atoms in total. The van der Waals surface area contributed by atoms with Gasteiger partial charge < -0.3 is 36.9 Å². The van der Waals surface area contributed by atoms with Crippen LogP contribution in [0.1, 0.15) is 32.4 Å². The molecule has 0 bridgehead atoms. The quantitative estimate of drug-likeness (QED) is 0.140. The number of aromatic nitrogens is 2. The first-order valence-corrected chi connectivity index (χ1v) is 10.8. The van der Waals surface area contributed by atoms with Gasteiger partial charge in [0.05, 0.1) is 18.8 Å². The van der Waals surface area contributed by atoms with E-state index in [1.807, 2.05) is 13.8 Å². The maximum atomic E-state index is 12.8. The molecule has 8 N–H and O–H groups in total. The molecule has 184 valence electrons. The minimum atomic E-state index is -1.37. The molecule has 0 radical (unpaired) electrons. The maximum absolute atomic E-state index is 12.8. The number of carboxylic acids is 2. The highest BCUT2D eigenvalue weighted by Gasteiger charge is 2.30. The topological polar surface area (TPSA) is 217 Å². The van der Waals surface area contributed by atoms with E-state index in [9.17, 15) is 29.1 Å². The fourth-order valence-corrected chi connectivity index (χ4v) is 3.07. The second-order valence-electron chi connectivity index (χ2n) is 7.82.